The van der Waals surface area contributed by atoms with Crippen molar-refractivity contribution in [3.05, 3.63) is 364 Å². The Morgan fingerprint density at radius 3 is 1.12 bits per heavy atom. The lowest BCUT2D eigenvalue weighted by molar-refractivity contribution is 0.669. The summed E-state index contributed by atoms with van der Waals surface area (Å²) in [6, 6.07) is 110. The number of furan rings is 1. The molecule has 84 heavy (non-hydrogen) atoms. The fourth-order valence-electron chi connectivity index (χ4n) is 17.3. The summed E-state index contributed by atoms with van der Waals surface area (Å²) in [5.74, 6) is 0. The second-order valence-electron chi connectivity index (χ2n) is 23.6. The first-order chi connectivity index (χ1) is 41.6. The van der Waals surface area contributed by atoms with Crippen LogP contribution < -0.4 is 4.90 Å². The molecule has 5 aliphatic rings. The fraction of sp³-hybridized carbons (Fsp3) is 0.0488. The highest BCUT2D eigenvalue weighted by atomic mass is 16.3. The van der Waals surface area contributed by atoms with Crippen LogP contribution in [0.2, 0.25) is 0 Å². The van der Waals surface area contributed by atoms with Crippen molar-refractivity contribution in [2.24, 2.45) is 0 Å². The van der Waals surface area contributed by atoms with Crippen molar-refractivity contribution in [2.75, 3.05) is 4.90 Å². The summed E-state index contributed by atoms with van der Waals surface area (Å²) < 4.78 is 7.01. The van der Waals surface area contributed by atoms with Gasteiger partial charge in [-0.1, -0.05) is 267 Å². The van der Waals surface area contributed by atoms with E-state index in [1.54, 1.807) is 0 Å². The van der Waals surface area contributed by atoms with Crippen LogP contribution in [0.3, 0.4) is 0 Å². The monoisotopic (exact) mass is 1070 g/mol. The highest BCUT2D eigenvalue weighted by Crippen LogP contribution is 2.69. The van der Waals surface area contributed by atoms with Crippen LogP contribution in [0.1, 0.15) is 72.3 Å². The minimum absolute atomic E-state index is 0.548. The molecule has 19 rings (SSSR count). The van der Waals surface area contributed by atoms with E-state index in [0.717, 1.165) is 39.0 Å². The van der Waals surface area contributed by atoms with Gasteiger partial charge in [0.25, 0.3) is 0 Å². The second-order valence-corrected chi connectivity index (χ2v) is 23.6. The normalized spacial score (nSPS) is 17.1. The number of fused-ring (bicyclic) bond motifs is 27. The van der Waals surface area contributed by atoms with Crippen molar-refractivity contribution in [1.82, 2.24) is 0 Å². The molecule has 2 atom stereocenters. The number of hydrogen-bond acceptors (Lipinski definition) is 2. The smallest absolute Gasteiger partial charge is 0.143 e. The van der Waals surface area contributed by atoms with Gasteiger partial charge in [0, 0.05) is 33.0 Å². The molecule has 0 saturated carbocycles. The van der Waals surface area contributed by atoms with Gasteiger partial charge in [-0.15, -0.1) is 0 Å². The number of para-hydroxylation sites is 1. The van der Waals surface area contributed by atoms with Crippen LogP contribution in [-0.2, 0) is 16.2 Å². The first-order valence-electron chi connectivity index (χ1n) is 29.5. The molecule has 2 unspecified atom stereocenters. The molecule has 0 aliphatic heterocycles. The van der Waals surface area contributed by atoms with Gasteiger partial charge in [0.05, 0.1) is 33.3 Å². The summed E-state index contributed by atoms with van der Waals surface area (Å²) in [5.41, 5.74) is 32.5. The number of nitrogens with zero attached hydrogens (tertiary/aromatic N) is 1. The van der Waals surface area contributed by atoms with E-state index in [4.69, 9.17) is 4.42 Å². The predicted molar refractivity (Wildman–Crippen MR) is 343 cm³/mol. The first-order valence-corrected chi connectivity index (χ1v) is 29.5. The van der Waals surface area contributed by atoms with E-state index in [2.05, 4.69) is 303 Å². The molecule has 0 fully saturated rings. The zero-order valence-corrected chi connectivity index (χ0v) is 46.1. The molecule has 0 N–H and O–H groups in total. The summed E-state index contributed by atoms with van der Waals surface area (Å²) in [6.07, 6.45) is 0. The van der Waals surface area contributed by atoms with E-state index in [1.807, 2.05) is 0 Å². The lowest BCUT2D eigenvalue weighted by atomic mass is 9.66. The minimum Gasteiger partial charge on any atom is -0.455 e. The number of rotatable bonds is 5. The molecule has 5 aliphatic carbocycles. The van der Waals surface area contributed by atoms with Crippen LogP contribution in [0.4, 0.5) is 17.1 Å². The molecule has 2 nitrogen and oxygen atoms in total. The van der Waals surface area contributed by atoms with E-state index >= 15 is 0 Å². The summed E-state index contributed by atoms with van der Waals surface area (Å²) in [7, 11) is 0. The summed E-state index contributed by atoms with van der Waals surface area (Å²) >= 11 is 0. The van der Waals surface area contributed by atoms with Crippen molar-refractivity contribution in [3.63, 3.8) is 0 Å². The molecule has 2 heteroatoms. The third-order valence-corrected chi connectivity index (χ3v) is 20.1. The highest BCUT2D eigenvalue weighted by Gasteiger charge is 2.56. The SMILES string of the molecule is Cc1ccccc1C1(c2ccccc2)c2ccccc2-c2c(N(c3cccc4c3-c3ccccc3C43c4ccccc4-c4ccccc43)c3cccc4c3-c3ccccc3C43c4ccccc4-c4c3ccc3c4oc4ccccc43)cccc21. The Bertz CT molecular complexity index is 5150. The number of benzene rings is 13. The van der Waals surface area contributed by atoms with Crippen LogP contribution >= 0.6 is 0 Å². The third-order valence-electron chi connectivity index (χ3n) is 20.1. The summed E-state index contributed by atoms with van der Waals surface area (Å²) in [6.45, 7) is 2.29. The van der Waals surface area contributed by atoms with Crippen molar-refractivity contribution in [1.29, 1.82) is 0 Å². The largest absolute Gasteiger partial charge is 0.455 e. The van der Waals surface area contributed by atoms with Gasteiger partial charge >= 0.3 is 0 Å². The number of anilines is 3. The maximum absolute atomic E-state index is 7.01. The van der Waals surface area contributed by atoms with Gasteiger partial charge in [-0.25, -0.2) is 0 Å². The number of hydrogen-bond donors (Lipinski definition) is 0. The van der Waals surface area contributed by atoms with Crippen molar-refractivity contribution >= 4 is 39.0 Å². The van der Waals surface area contributed by atoms with Gasteiger partial charge in [-0.3, -0.25) is 0 Å². The summed E-state index contributed by atoms with van der Waals surface area (Å²) in [5, 5.41) is 2.28. The number of aryl methyl sites for hydroxylation is 1. The molecule has 14 aromatic rings. The zero-order chi connectivity index (χ0) is 55.0. The van der Waals surface area contributed by atoms with Crippen LogP contribution in [-0.4, -0.2) is 0 Å². The average Bonchev–Trinajstić information content (AvgIpc) is 1.77. The lowest BCUT2D eigenvalue weighted by Crippen LogP contribution is -2.29. The molecule has 13 aromatic carbocycles. The standard InChI is InChI=1S/C82H51NO/c1-50-24-5-13-34-60(50)80(51-25-3-2-4-26-51)63-37-16-8-30-56(63)75-67(80)41-21-44-71(75)83(72-45-22-42-68-76(72)57-31-9-17-38-64(57)81(68)61-35-14-6-27-52(61)53-28-7-15-36-62(53)81)73-46-23-43-69-77(73)58-32-10-18-39-65(58)82(69)66-40-19-11-33-59(66)78-70(82)49-48-55-54-29-12-20-47-74(54)84-79(55)78/h2-49H,1H3. The van der Waals surface area contributed by atoms with Gasteiger partial charge < -0.3 is 9.32 Å². The van der Waals surface area contributed by atoms with Crippen LogP contribution in [0.25, 0.3) is 77.6 Å². The van der Waals surface area contributed by atoms with Gasteiger partial charge in [0.15, 0.2) is 0 Å². The maximum Gasteiger partial charge on any atom is 0.143 e. The minimum atomic E-state index is -0.655. The van der Waals surface area contributed by atoms with E-state index in [-0.39, 0.29) is 0 Å². The first kappa shape index (κ1) is 46.1. The third kappa shape index (κ3) is 5.39. The Labute approximate surface area is 487 Å². The van der Waals surface area contributed by atoms with Gasteiger partial charge in [-0.2, -0.15) is 0 Å². The zero-order valence-electron chi connectivity index (χ0n) is 46.1. The van der Waals surface area contributed by atoms with E-state index in [0.29, 0.717) is 0 Å². The quantitative estimate of drug-likeness (QED) is 0.171. The second kappa shape index (κ2) is 16.6. The van der Waals surface area contributed by atoms with Crippen molar-refractivity contribution < 1.29 is 4.42 Å². The molecule has 0 radical (unpaired) electrons. The van der Waals surface area contributed by atoms with Crippen LogP contribution in [0, 0.1) is 6.92 Å². The molecule has 2 spiro atoms. The highest BCUT2D eigenvalue weighted by molar-refractivity contribution is 6.14. The van der Waals surface area contributed by atoms with E-state index in [9.17, 15) is 0 Å². The van der Waals surface area contributed by atoms with E-state index in [1.165, 1.54) is 128 Å². The molecular weight excluding hydrogens is 1010 g/mol. The van der Waals surface area contributed by atoms with Crippen molar-refractivity contribution in [3.8, 4) is 55.6 Å². The van der Waals surface area contributed by atoms with Gasteiger partial charge in [-0.05, 0) is 137 Å². The Kier molecular flexibility index (Phi) is 9.09. The van der Waals surface area contributed by atoms with E-state index < -0.39 is 16.2 Å². The fourth-order valence-corrected chi connectivity index (χ4v) is 17.3. The molecule has 0 amide bonds. The average molecular weight is 1070 g/mol. The Balaban J connectivity index is 0.964. The van der Waals surface area contributed by atoms with Crippen molar-refractivity contribution in [2.45, 2.75) is 23.2 Å². The predicted octanol–water partition coefficient (Wildman–Crippen LogP) is 20.4. The molecule has 0 bridgehead atoms. The maximum atomic E-state index is 7.01. The van der Waals surface area contributed by atoms with Gasteiger partial charge in [0.2, 0.25) is 0 Å². The Hall–Kier alpha value is -10.5. The molecule has 390 valence electrons. The molecule has 1 heterocycles. The Morgan fingerprint density at radius 2 is 0.607 bits per heavy atom. The molecular formula is C82H51NO. The van der Waals surface area contributed by atoms with Crippen LogP contribution in [0.5, 0.6) is 0 Å². The Morgan fingerprint density at radius 1 is 0.250 bits per heavy atom. The van der Waals surface area contributed by atoms with Crippen LogP contribution in [0.15, 0.2) is 296 Å². The van der Waals surface area contributed by atoms with Gasteiger partial charge in [0.1, 0.15) is 11.2 Å². The lowest BCUT2D eigenvalue weighted by Gasteiger charge is -2.36. The molecule has 1 aromatic heterocycles. The topological polar surface area (TPSA) is 16.4 Å². The molecule has 0 saturated heterocycles. The summed E-state index contributed by atoms with van der Waals surface area (Å²) in [4.78, 5) is 2.70.